The van der Waals surface area contributed by atoms with Gasteiger partial charge >= 0.3 is 0 Å². The van der Waals surface area contributed by atoms with Crippen LogP contribution in [0.15, 0.2) is 36.4 Å². The quantitative estimate of drug-likeness (QED) is 0.125. The fraction of sp³-hybridized carbons (Fsp3) is 0.545. The molecule has 0 aliphatic carbocycles. The molecule has 236 valence electrons. The minimum absolute atomic E-state index is 0.00575. The van der Waals surface area contributed by atoms with E-state index >= 15 is 0 Å². The van der Waals surface area contributed by atoms with Crippen molar-refractivity contribution in [3.8, 4) is 0 Å². The Labute approximate surface area is 269 Å². The highest BCUT2D eigenvalue weighted by Crippen LogP contribution is 2.53. The molecular weight excluding hydrogens is 528 g/mol. The van der Waals surface area contributed by atoms with Gasteiger partial charge in [-0.3, -0.25) is 0 Å². The van der Waals surface area contributed by atoms with Crippen LogP contribution in [0, 0.1) is 0 Å². The van der Waals surface area contributed by atoms with Crippen molar-refractivity contribution in [2.24, 2.45) is 0 Å². The van der Waals surface area contributed by atoms with E-state index in [0.717, 1.165) is 0 Å². The van der Waals surface area contributed by atoms with Crippen molar-refractivity contribution in [2.75, 3.05) is 0 Å². The van der Waals surface area contributed by atoms with Crippen LogP contribution in [0.1, 0.15) is 158 Å². The Morgan fingerprint density at radius 1 is 0.250 bits per heavy atom. The highest BCUT2D eigenvalue weighted by Gasteiger charge is 2.35. The third-order valence-electron chi connectivity index (χ3n) is 9.95. The smallest absolute Gasteiger partial charge is 0.00173 e. The number of benzene rings is 5. The molecule has 5 aromatic carbocycles. The first-order valence-electron chi connectivity index (χ1n) is 17.0. The molecule has 0 spiro atoms. The number of hydrogen-bond donors (Lipinski definition) is 0. The Balaban J connectivity index is 2.35. The van der Waals surface area contributed by atoms with Crippen molar-refractivity contribution in [1.29, 1.82) is 0 Å². The van der Waals surface area contributed by atoms with Crippen LogP contribution in [-0.2, 0) is 32.5 Å². The van der Waals surface area contributed by atoms with Crippen molar-refractivity contribution < 1.29 is 0 Å². The van der Waals surface area contributed by atoms with Crippen molar-refractivity contribution in [1.82, 2.24) is 0 Å². The minimum Gasteiger partial charge on any atom is -0.0572 e. The normalized spacial score (nSPS) is 14.6. The van der Waals surface area contributed by atoms with Gasteiger partial charge in [-0.2, -0.15) is 0 Å². The first-order valence-corrected chi connectivity index (χ1v) is 17.0. The van der Waals surface area contributed by atoms with Crippen molar-refractivity contribution in [2.45, 2.75) is 157 Å². The van der Waals surface area contributed by atoms with E-state index in [1.807, 2.05) is 0 Å². The van der Waals surface area contributed by atoms with Crippen LogP contribution in [0.4, 0.5) is 0 Å². The molecule has 0 bridgehead atoms. The van der Waals surface area contributed by atoms with Crippen molar-refractivity contribution in [3.05, 3.63) is 69.8 Å². The topological polar surface area (TPSA) is 0 Å². The number of rotatable bonds is 0. The van der Waals surface area contributed by atoms with Crippen LogP contribution in [0.2, 0.25) is 0 Å². The third-order valence-corrected chi connectivity index (χ3v) is 9.95. The molecule has 0 unspecified atom stereocenters. The van der Waals surface area contributed by atoms with Gasteiger partial charge in [-0.05, 0) is 109 Å². The molecule has 0 aromatic heterocycles. The Morgan fingerprint density at radius 2 is 0.477 bits per heavy atom. The fourth-order valence-electron chi connectivity index (χ4n) is 7.72. The van der Waals surface area contributed by atoms with Crippen LogP contribution in [0.5, 0.6) is 0 Å². The Kier molecular flexibility index (Phi) is 7.05. The molecule has 0 heterocycles. The van der Waals surface area contributed by atoms with Gasteiger partial charge in [-0.15, -0.1) is 0 Å². The van der Waals surface area contributed by atoms with Gasteiger partial charge in [0.25, 0.3) is 0 Å². The molecule has 0 fully saturated rings. The molecule has 0 saturated heterocycles. The molecule has 0 amide bonds. The van der Waals surface area contributed by atoms with E-state index in [0.29, 0.717) is 0 Å². The lowest BCUT2D eigenvalue weighted by Crippen LogP contribution is -2.22. The van der Waals surface area contributed by atoms with E-state index in [1.165, 1.54) is 76.5 Å². The van der Waals surface area contributed by atoms with Gasteiger partial charge < -0.3 is 0 Å². The van der Waals surface area contributed by atoms with E-state index in [4.69, 9.17) is 0 Å². The molecule has 0 N–H and O–H groups in total. The highest BCUT2D eigenvalue weighted by atomic mass is 14.4. The van der Waals surface area contributed by atoms with E-state index in [2.05, 4.69) is 161 Å². The Hall–Kier alpha value is -2.60. The molecule has 5 aromatic rings. The lowest BCUT2D eigenvalue weighted by molar-refractivity contribution is 0.569. The van der Waals surface area contributed by atoms with Crippen LogP contribution >= 0.6 is 0 Å². The summed E-state index contributed by atoms with van der Waals surface area (Å²) in [6.45, 7) is 43.2. The largest absolute Gasteiger partial charge is 0.0572 e. The summed E-state index contributed by atoms with van der Waals surface area (Å²) < 4.78 is 0. The van der Waals surface area contributed by atoms with Gasteiger partial charge in [0.05, 0.1) is 0 Å². The van der Waals surface area contributed by atoms with Gasteiger partial charge in [0.2, 0.25) is 0 Å². The van der Waals surface area contributed by atoms with Gasteiger partial charge in [0.15, 0.2) is 0 Å². The summed E-state index contributed by atoms with van der Waals surface area (Å²) in [5.74, 6) is 0. The summed E-state index contributed by atoms with van der Waals surface area (Å²) >= 11 is 0. The molecule has 0 atom stereocenters. The van der Waals surface area contributed by atoms with E-state index in [1.54, 1.807) is 0 Å². The monoisotopic (exact) mass is 588 g/mol. The zero-order chi connectivity index (χ0) is 33.3. The zero-order valence-electron chi connectivity index (χ0n) is 31.5. The fourth-order valence-corrected chi connectivity index (χ4v) is 7.72. The minimum atomic E-state index is -0.0143. The Morgan fingerprint density at radius 3 is 0.705 bits per heavy atom. The Bertz CT molecular complexity index is 1770. The molecule has 5 rings (SSSR count). The maximum Gasteiger partial charge on any atom is -0.00173 e. The molecule has 0 saturated carbocycles. The molecule has 0 aliphatic rings. The van der Waals surface area contributed by atoms with E-state index in [9.17, 15) is 0 Å². The van der Waals surface area contributed by atoms with Crippen LogP contribution < -0.4 is 0 Å². The summed E-state index contributed by atoms with van der Waals surface area (Å²) in [6, 6.07) is 15.1. The summed E-state index contributed by atoms with van der Waals surface area (Å²) in [5.41, 5.74) is 8.82. The SMILES string of the molecule is CC(C)(C)c1ccc2c3c(C(C)(C)C)cc(C(C)(C)C)c4c(C(C)(C)C)ccc(c5c(C(C)(C)C)cc(C(C)(C)C)c1c25)c43. The standard InChI is InChI=1S/C44H60/c1-39(2,3)27-21-19-25-34-30(42(10,11)12)24-32(44(16,17)18)38-28(40(4,5)6)22-20-26(36(34)38)33-29(41(7,8)9)23-31(43(13,14)15)37(27)35(25)33/h19-24H,1-18H3. The second kappa shape index (κ2) is 9.47. The number of hydrogen-bond acceptors (Lipinski definition) is 0. The zero-order valence-corrected chi connectivity index (χ0v) is 31.5. The van der Waals surface area contributed by atoms with Crippen LogP contribution in [0.25, 0.3) is 43.1 Å². The first kappa shape index (κ1) is 32.8. The molecule has 0 aliphatic heterocycles. The third kappa shape index (κ3) is 5.04. The maximum atomic E-state index is 2.60. The summed E-state index contributed by atoms with van der Waals surface area (Å²) in [5, 5.41) is 11.7. The molecule has 44 heavy (non-hydrogen) atoms. The van der Waals surface area contributed by atoms with Crippen LogP contribution in [0.3, 0.4) is 0 Å². The second-order valence-corrected chi connectivity index (χ2v) is 20.0. The molecule has 0 radical (unpaired) electrons. The lowest BCUT2D eigenvalue weighted by atomic mass is 9.68. The van der Waals surface area contributed by atoms with Crippen molar-refractivity contribution >= 4 is 43.1 Å². The summed E-state index contributed by atoms with van der Waals surface area (Å²) in [7, 11) is 0. The van der Waals surface area contributed by atoms with E-state index in [-0.39, 0.29) is 32.5 Å². The average molecular weight is 589 g/mol. The summed E-state index contributed by atoms with van der Waals surface area (Å²) in [6.07, 6.45) is 0. The first-order chi connectivity index (χ1) is 19.7. The average Bonchev–Trinajstić information content (AvgIpc) is 2.81. The van der Waals surface area contributed by atoms with Crippen molar-refractivity contribution in [3.63, 3.8) is 0 Å². The molecule has 0 heteroatoms. The van der Waals surface area contributed by atoms with Crippen LogP contribution in [-0.4, -0.2) is 0 Å². The molecule has 0 nitrogen and oxygen atoms in total. The highest BCUT2D eigenvalue weighted by molar-refractivity contribution is 6.36. The lowest BCUT2D eigenvalue weighted by Gasteiger charge is -2.36. The predicted molar refractivity (Wildman–Crippen MR) is 200 cm³/mol. The van der Waals surface area contributed by atoms with Gasteiger partial charge in [0, 0.05) is 0 Å². The summed E-state index contributed by atoms with van der Waals surface area (Å²) in [4.78, 5) is 0. The van der Waals surface area contributed by atoms with Gasteiger partial charge in [-0.1, -0.05) is 161 Å². The predicted octanol–water partition coefficient (Wildman–Crippen LogP) is 13.5. The number of fused-ring (bicyclic) bond motifs is 2. The molecular formula is C44H60. The maximum absolute atomic E-state index is 2.60. The van der Waals surface area contributed by atoms with Gasteiger partial charge in [-0.25, -0.2) is 0 Å². The van der Waals surface area contributed by atoms with Gasteiger partial charge in [0.1, 0.15) is 0 Å². The van der Waals surface area contributed by atoms with E-state index < -0.39 is 0 Å². The second-order valence-electron chi connectivity index (χ2n) is 20.0.